The van der Waals surface area contributed by atoms with Gasteiger partial charge in [0.2, 0.25) is 0 Å². The van der Waals surface area contributed by atoms with Crippen LogP contribution in [-0.2, 0) is 14.2 Å². The van der Waals surface area contributed by atoms with E-state index in [1.807, 2.05) is 30.3 Å². The maximum absolute atomic E-state index is 12.3. The van der Waals surface area contributed by atoms with E-state index in [2.05, 4.69) is 10.6 Å². The summed E-state index contributed by atoms with van der Waals surface area (Å²) in [5.74, 6) is 0.00455. The lowest BCUT2D eigenvalue weighted by Gasteiger charge is -2.47. The lowest BCUT2D eigenvalue weighted by Crippen LogP contribution is -2.67. The quantitative estimate of drug-likeness (QED) is 0.371. The molecule has 2 fully saturated rings. The van der Waals surface area contributed by atoms with Gasteiger partial charge >= 0.3 is 6.03 Å². The third-order valence-corrected chi connectivity index (χ3v) is 4.55. The molecule has 0 saturated carbocycles. The fourth-order valence-electron chi connectivity index (χ4n) is 3.04. The standard InChI is InChI=1S/C16H20ClN3O7/c17-6-7-20(19-24)16(23)18-11-12(21)14(22)26-10-8-25-15(27-13(10)11)9-4-2-1-3-5-9/h1-5,10-15,21-22H,6-8H2,(H,18,23)/t10-,11+,12-,13-,14?,15?/m1/s1. The molecule has 6 atom stereocenters. The minimum atomic E-state index is -1.55. The number of carbonyl (C=O) groups excluding carboxylic acids is 1. The summed E-state index contributed by atoms with van der Waals surface area (Å²) >= 11 is 5.54. The van der Waals surface area contributed by atoms with Crippen LogP contribution in [0.4, 0.5) is 4.79 Å². The van der Waals surface area contributed by atoms with E-state index in [9.17, 15) is 19.9 Å². The molecule has 0 spiro atoms. The SMILES string of the molecule is O=NN(CCCl)C(=O)N[C@@H]1[C@@H]2OC(c3ccccc3)OC[C@H]2OC(O)[C@@H]1O. The number of hydrogen-bond acceptors (Lipinski definition) is 8. The maximum atomic E-state index is 12.3. The highest BCUT2D eigenvalue weighted by molar-refractivity contribution is 6.18. The zero-order chi connectivity index (χ0) is 19.4. The first-order valence-electron chi connectivity index (χ1n) is 8.36. The molecular formula is C16H20ClN3O7. The first-order valence-corrected chi connectivity index (χ1v) is 8.89. The molecule has 10 nitrogen and oxygen atoms in total. The van der Waals surface area contributed by atoms with Crippen LogP contribution >= 0.6 is 11.6 Å². The largest absolute Gasteiger partial charge is 0.386 e. The van der Waals surface area contributed by atoms with Crippen molar-refractivity contribution >= 4 is 17.6 Å². The number of aliphatic hydroxyl groups excluding tert-OH is 2. The highest BCUT2D eigenvalue weighted by atomic mass is 35.5. The number of alkyl halides is 1. The first-order chi connectivity index (χ1) is 13.0. The van der Waals surface area contributed by atoms with Crippen LogP contribution in [0, 0.1) is 4.91 Å². The number of halogens is 1. The molecular weight excluding hydrogens is 382 g/mol. The van der Waals surface area contributed by atoms with Gasteiger partial charge in [0.15, 0.2) is 12.6 Å². The van der Waals surface area contributed by atoms with Gasteiger partial charge in [-0.1, -0.05) is 30.3 Å². The Balaban J connectivity index is 1.77. The average molecular weight is 402 g/mol. The number of aliphatic hydroxyl groups is 2. The highest BCUT2D eigenvalue weighted by Crippen LogP contribution is 2.33. The van der Waals surface area contributed by atoms with Gasteiger partial charge in [0, 0.05) is 11.4 Å². The fourth-order valence-corrected chi connectivity index (χ4v) is 3.20. The second-order valence-corrected chi connectivity index (χ2v) is 6.48. The number of nitroso groups, excluding NO2 is 1. The Bertz CT molecular complexity index is 652. The van der Waals surface area contributed by atoms with Crippen LogP contribution in [-0.4, -0.2) is 70.9 Å². The van der Waals surface area contributed by atoms with Crippen molar-refractivity contribution in [2.24, 2.45) is 5.29 Å². The Hall–Kier alpha value is -1.82. The molecule has 0 bridgehead atoms. The Morgan fingerprint density at radius 2 is 2.04 bits per heavy atom. The van der Waals surface area contributed by atoms with Crippen LogP contribution in [0.25, 0.3) is 0 Å². The van der Waals surface area contributed by atoms with Crippen LogP contribution in [0.3, 0.4) is 0 Å². The van der Waals surface area contributed by atoms with Crippen LogP contribution < -0.4 is 5.32 Å². The van der Waals surface area contributed by atoms with E-state index in [1.54, 1.807) is 0 Å². The van der Waals surface area contributed by atoms with E-state index in [0.717, 1.165) is 5.56 Å². The summed E-state index contributed by atoms with van der Waals surface area (Å²) in [5, 5.41) is 25.9. The zero-order valence-corrected chi connectivity index (χ0v) is 14.9. The minimum Gasteiger partial charge on any atom is -0.386 e. The normalized spacial score (nSPS) is 33.0. The van der Waals surface area contributed by atoms with E-state index >= 15 is 0 Å². The Labute approximate surface area is 159 Å². The summed E-state index contributed by atoms with van der Waals surface area (Å²) in [5.41, 5.74) is 0.750. The molecule has 148 valence electrons. The molecule has 0 aliphatic carbocycles. The molecule has 27 heavy (non-hydrogen) atoms. The summed E-state index contributed by atoms with van der Waals surface area (Å²) in [6.07, 6.45) is -5.31. The van der Waals surface area contributed by atoms with Gasteiger partial charge in [-0.2, -0.15) is 5.01 Å². The molecule has 2 aliphatic rings. The van der Waals surface area contributed by atoms with Crippen LogP contribution in [0.15, 0.2) is 35.6 Å². The van der Waals surface area contributed by atoms with Gasteiger partial charge < -0.3 is 29.7 Å². The van der Waals surface area contributed by atoms with Gasteiger partial charge in [0.1, 0.15) is 18.3 Å². The average Bonchev–Trinajstić information content (AvgIpc) is 2.69. The first kappa shape index (κ1) is 19.9. The number of rotatable bonds is 5. The van der Waals surface area contributed by atoms with Crippen LogP contribution in [0.1, 0.15) is 11.9 Å². The molecule has 0 aromatic heterocycles. The number of amides is 2. The van der Waals surface area contributed by atoms with Crippen LogP contribution in [0.2, 0.25) is 0 Å². The van der Waals surface area contributed by atoms with Gasteiger partial charge in [-0.3, -0.25) is 0 Å². The van der Waals surface area contributed by atoms with E-state index in [-0.39, 0.29) is 19.0 Å². The third kappa shape index (κ3) is 4.37. The number of benzene rings is 1. The second kappa shape index (κ2) is 8.91. The smallest absolute Gasteiger partial charge is 0.340 e. The monoisotopic (exact) mass is 401 g/mol. The number of ether oxygens (including phenoxy) is 3. The topological polar surface area (TPSA) is 130 Å². The minimum absolute atomic E-state index is 0.00455. The lowest BCUT2D eigenvalue weighted by atomic mass is 9.95. The number of urea groups is 1. The molecule has 1 aromatic rings. The summed E-state index contributed by atoms with van der Waals surface area (Å²) < 4.78 is 16.8. The molecule has 3 N–H and O–H groups in total. The molecule has 2 amide bonds. The maximum Gasteiger partial charge on any atom is 0.340 e. The number of nitrogens with zero attached hydrogens (tertiary/aromatic N) is 2. The lowest BCUT2D eigenvalue weighted by molar-refractivity contribution is -0.336. The summed E-state index contributed by atoms with van der Waals surface area (Å²) in [4.78, 5) is 23.1. The van der Waals surface area contributed by atoms with E-state index in [4.69, 9.17) is 25.8 Å². The van der Waals surface area contributed by atoms with E-state index in [1.165, 1.54) is 0 Å². The van der Waals surface area contributed by atoms with Gasteiger partial charge in [-0.15, -0.1) is 16.5 Å². The molecule has 2 heterocycles. The highest BCUT2D eigenvalue weighted by Gasteiger charge is 2.50. The van der Waals surface area contributed by atoms with E-state index in [0.29, 0.717) is 5.01 Å². The van der Waals surface area contributed by atoms with Crippen molar-refractivity contribution in [2.45, 2.75) is 36.9 Å². The predicted octanol–water partition coefficient (Wildman–Crippen LogP) is 0.479. The van der Waals surface area contributed by atoms with Crippen molar-refractivity contribution in [1.29, 1.82) is 0 Å². The number of carbonyl (C=O) groups is 1. The van der Waals surface area contributed by atoms with Gasteiger partial charge in [0.25, 0.3) is 0 Å². The molecule has 1 aromatic carbocycles. The molecule has 3 rings (SSSR count). The molecule has 2 unspecified atom stereocenters. The number of hydrogen-bond donors (Lipinski definition) is 3. The molecule has 11 heteroatoms. The predicted molar refractivity (Wildman–Crippen MR) is 92.4 cm³/mol. The third-order valence-electron chi connectivity index (χ3n) is 4.38. The molecule has 2 saturated heterocycles. The van der Waals surface area contributed by atoms with Crippen molar-refractivity contribution in [2.75, 3.05) is 19.0 Å². The van der Waals surface area contributed by atoms with E-state index < -0.39 is 43.0 Å². The second-order valence-electron chi connectivity index (χ2n) is 6.10. The Morgan fingerprint density at radius 3 is 2.70 bits per heavy atom. The van der Waals surface area contributed by atoms with Crippen molar-refractivity contribution in [1.82, 2.24) is 10.3 Å². The van der Waals surface area contributed by atoms with Gasteiger partial charge in [-0.25, -0.2) is 4.79 Å². The Kier molecular flexibility index (Phi) is 6.58. The summed E-state index contributed by atoms with van der Waals surface area (Å²) in [6.45, 7) is -0.0266. The van der Waals surface area contributed by atoms with Crippen molar-refractivity contribution in [3.63, 3.8) is 0 Å². The molecule has 0 radical (unpaired) electrons. The van der Waals surface area contributed by atoms with Crippen molar-refractivity contribution < 1.29 is 29.2 Å². The number of nitrogens with one attached hydrogen (secondary N) is 1. The van der Waals surface area contributed by atoms with Crippen molar-refractivity contribution in [3.05, 3.63) is 40.8 Å². The van der Waals surface area contributed by atoms with Gasteiger partial charge in [-0.05, 0) is 0 Å². The zero-order valence-electron chi connectivity index (χ0n) is 14.2. The van der Waals surface area contributed by atoms with Crippen molar-refractivity contribution in [3.8, 4) is 0 Å². The van der Waals surface area contributed by atoms with Crippen LogP contribution in [0.5, 0.6) is 0 Å². The fraction of sp³-hybridized carbons (Fsp3) is 0.562. The Morgan fingerprint density at radius 1 is 1.30 bits per heavy atom. The molecule has 2 aliphatic heterocycles. The summed E-state index contributed by atoms with van der Waals surface area (Å²) in [6, 6.07) is 7.19. The summed E-state index contributed by atoms with van der Waals surface area (Å²) in [7, 11) is 0. The number of fused-ring (bicyclic) bond motifs is 1. The van der Waals surface area contributed by atoms with Gasteiger partial charge in [0.05, 0.1) is 24.5 Å².